The van der Waals surface area contributed by atoms with Crippen LogP contribution in [0.25, 0.3) is 37.8 Å². The molecule has 6 aromatic rings. The van der Waals surface area contributed by atoms with Crippen LogP contribution in [0.15, 0.2) is 118 Å². The molecule has 164 valence electrons. The van der Waals surface area contributed by atoms with Gasteiger partial charge in [-0.3, -0.25) is 9.36 Å². The zero-order chi connectivity index (χ0) is 22.9. The van der Waals surface area contributed by atoms with Gasteiger partial charge in [0.05, 0.1) is 11.1 Å². The lowest BCUT2D eigenvalue weighted by atomic mass is 10.1. The number of hydrogen-bond acceptors (Lipinski definition) is 4. The summed E-state index contributed by atoms with van der Waals surface area (Å²) in [5.41, 5.74) is 3.99. The molecule has 34 heavy (non-hydrogen) atoms. The first-order valence-corrected chi connectivity index (χ1v) is 12.9. The van der Waals surface area contributed by atoms with E-state index in [1.807, 2.05) is 66.0 Å². The quantitative estimate of drug-likeness (QED) is 0.190. The van der Waals surface area contributed by atoms with E-state index < -0.39 is 0 Å². The largest absolute Gasteiger partial charge is 0.268 e. The predicted octanol–water partition coefficient (Wildman–Crippen LogP) is 7.56. The SMILES string of the molecule is O=c1c2c(-c3ccccc3)csc2nc(SCc2cccc3ccccc23)n1-c1ccccc1. The highest BCUT2D eigenvalue weighted by Gasteiger charge is 2.18. The molecular weight excluding hydrogens is 456 g/mol. The molecule has 6 rings (SSSR count). The van der Waals surface area contributed by atoms with Gasteiger partial charge in [-0.15, -0.1) is 11.3 Å². The van der Waals surface area contributed by atoms with Gasteiger partial charge < -0.3 is 0 Å². The maximum atomic E-state index is 13.9. The predicted molar refractivity (Wildman–Crippen MR) is 144 cm³/mol. The van der Waals surface area contributed by atoms with Gasteiger partial charge in [0, 0.05) is 16.7 Å². The van der Waals surface area contributed by atoms with Gasteiger partial charge in [0.15, 0.2) is 5.16 Å². The van der Waals surface area contributed by atoms with Crippen LogP contribution in [0.4, 0.5) is 0 Å². The minimum Gasteiger partial charge on any atom is -0.268 e. The lowest BCUT2D eigenvalue weighted by Gasteiger charge is -2.13. The fourth-order valence-electron chi connectivity index (χ4n) is 4.26. The van der Waals surface area contributed by atoms with Gasteiger partial charge in [-0.25, -0.2) is 4.98 Å². The normalized spacial score (nSPS) is 11.3. The summed E-state index contributed by atoms with van der Waals surface area (Å²) < 4.78 is 1.76. The summed E-state index contributed by atoms with van der Waals surface area (Å²) in [6.45, 7) is 0. The van der Waals surface area contributed by atoms with Crippen LogP contribution in [0, 0.1) is 0 Å². The molecule has 0 atom stereocenters. The zero-order valence-electron chi connectivity index (χ0n) is 18.2. The van der Waals surface area contributed by atoms with Crippen molar-refractivity contribution in [2.45, 2.75) is 10.9 Å². The van der Waals surface area contributed by atoms with Crippen molar-refractivity contribution in [3.63, 3.8) is 0 Å². The molecule has 0 N–H and O–H groups in total. The molecule has 0 spiro atoms. The molecule has 0 unspecified atom stereocenters. The third kappa shape index (κ3) is 3.73. The lowest BCUT2D eigenvalue weighted by molar-refractivity contribution is 0.823. The van der Waals surface area contributed by atoms with Crippen LogP contribution in [0.3, 0.4) is 0 Å². The highest BCUT2D eigenvalue weighted by atomic mass is 32.2. The van der Waals surface area contributed by atoms with E-state index in [1.54, 1.807) is 16.3 Å². The van der Waals surface area contributed by atoms with Crippen molar-refractivity contribution in [2.75, 3.05) is 0 Å². The molecule has 2 heterocycles. The first kappa shape index (κ1) is 20.9. The lowest BCUT2D eigenvalue weighted by Crippen LogP contribution is -2.21. The molecule has 0 saturated carbocycles. The minimum absolute atomic E-state index is 0.0308. The first-order chi connectivity index (χ1) is 16.8. The molecule has 0 radical (unpaired) electrons. The summed E-state index contributed by atoms with van der Waals surface area (Å²) in [7, 11) is 0. The van der Waals surface area contributed by atoms with E-state index in [1.165, 1.54) is 27.7 Å². The van der Waals surface area contributed by atoms with E-state index in [0.29, 0.717) is 10.5 Å². The van der Waals surface area contributed by atoms with Gasteiger partial charge in [-0.2, -0.15) is 0 Å². The Bertz CT molecular complexity index is 1670. The Labute approximate surface area is 205 Å². The van der Waals surface area contributed by atoms with E-state index in [-0.39, 0.29) is 5.56 Å². The summed E-state index contributed by atoms with van der Waals surface area (Å²) in [6, 6.07) is 34.6. The number of nitrogens with zero attached hydrogens (tertiary/aromatic N) is 2. The maximum Gasteiger partial charge on any atom is 0.268 e. The molecule has 0 amide bonds. The van der Waals surface area contributed by atoms with Crippen LogP contribution >= 0.6 is 23.1 Å². The summed E-state index contributed by atoms with van der Waals surface area (Å²) >= 11 is 3.13. The molecule has 0 aliphatic heterocycles. The van der Waals surface area contributed by atoms with Crippen LogP contribution in [-0.4, -0.2) is 9.55 Å². The number of benzene rings is 4. The number of thiophene rings is 1. The van der Waals surface area contributed by atoms with Crippen LogP contribution < -0.4 is 5.56 Å². The Morgan fingerprint density at radius 3 is 2.32 bits per heavy atom. The number of para-hydroxylation sites is 1. The third-order valence-electron chi connectivity index (χ3n) is 5.91. The van der Waals surface area contributed by atoms with Crippen LogP contribution in [-0.2, 0) is 5.75 Å². The van der Waals surface area contributed by atoms with Crippen LogP contribution in [0.5, 0.6) is 0 Å². The van der Waals surface area contributed by atoms with Crippen molar-refractivity contribution < 1.29 is 0 Å². The van der Waals surface area contributed by atoms with Gasteiger partial charge in [0.1, 0.15) is 4.83 Å². The summed E-state index contributed by atoms with van der Waals surface area (Å²) in [5.74, 6) is 0.725. The van der Waals surface area contributed by atoms with Gasteiger partial charge in [0.25, 0.3) is 5.56 Å². The molecule has 0 bridgehead atoms. The monoisotopic (exact) mass is 476 g/mol. The average molecular weight is 477 g/mol. The van der Waals surface area contributed by atoms with Crippen LogP contribution in [0.2, 0.25) is 0 Å². The van der Waals surface area contributed by atoms with Gasteiger partial charge >= 0.3 is 0 Å². The molecule has 5 heteroatoms. The number of aromatic nitrogens is 2. The topological polar surface area (TPSA) is 34.9 Å². The number of fused-ring (bicyclic) bond motifs is 2. The molecule has 0 aliphatic carbocycles. The van der Waals surface area contributed by atoms with Crippen molar-refractivity contribution in [1.29, 1.82) is 0 Å². The second kappa shape index (κ2) is 8.93. The first-order valence-electron chi connectivity index (χ1n) is 11.0. The van der Waals surface area contributed by atoms with Crippen molar-refractivity contribution in [3.05, 3.63) is 124 Å². The highest BCUT2D eigenvalue weighted by Crippen LogP contribution is 2.34. The molecule has 4 aromatic carbocycles. The van der Waals surface area contributed by atoms with Crippen molar-refractivity contribution in [3.8, 4) is 16.8 Å². The van der Waals surface area contributed by atoms with E-state index >= 15 is 0 Å². The second-order valence-corrected chi connectivity index (χ2v) is 9.79. The standard InChI is InChI=1S/C29H20N2OS2/c32-28-26-25(21-10-3-1-4-11-21)19-33-27(26)30-29(31(28)23-15-5-2-6-16-23)34-18-22-14-9-13-20-12-7-8-17-24(20)22/h1-17,19H,18H2. The van der Waals surface area contributed by atoms with Crippen molar-refractivity contribution in [1.82, 2.24) is 9.55 Å². The number of rotatable bonds is 5. The second-order valence-electron chi connectivity index (χ2n) is 7.99. The Kier molecular flexibility index (Phi) is 5.49. The van der Waals surface area contributed by atoms with E-state index in [2.05, 4.69) is 42.5 Å². The third-order valence-corrected chi connectivity index (χ3v) is 7.77. The zero-order valence-corrected chi connectivity index (χ0v) is 19.9. The van der Waals surface area contributed by atoms with Gasteiger partial charge in [-0.05, 0) is 34.0 Å². The molecular formula is C29H20N2OS2. The Morgan fingerprint density at radius 2 is 1.50 bits per heavy atom. The van der Waals surface area contributed by atoms with E-state index in [0.717, 1.165) is 27.4 Å². The number of hydrogen-bond donors (Lipinski definition) is 0. The fourth-order valence-corrected chi connectivity index (χ4v) is 6.27. The smallest absolute Gasteiger partial charge is 0.268 e. The summed E-state index contributed by atoms with van der Waals surface area (Å²) in [6.07, 6.45) is 0. The Hall–Kier alpha value is -3.67. The maximum absolute atomic E-state index is 13.9. The Balaban J connectivity index is 1.50. The molecule has 2 aromatic heterocycles. The van der Waals surface area contributed by atoms with Gasteiger partial charge in [-0.1, -0.05) is 103 Å². The minimum atomic E-state index is -0.0308. The van der Waals surface area contributed by atoms with Crippen molar-refractivity contribution in [2.24, 2.45) is 0 Å². The van der Waals surface area contributed by atoms with Crippen molar-refractivity contribution >= 4 is 44.1 Å². The molecule has 0 aliphatic rings. The summed E-state index contributed by atoms with van der Waals surface area (Å²) in [5, 5.41) is 5.88. The highest BCUT2D eigenvalue weighted by molar-refractivity contribution is 7.98. The number of thioether (sulfide) groups is 1. The molecule has 0 fully saturated rings. The molecule has 0 saturated heterocycles. The average Bonchev–Trinajstić information content (AvgIpc) is 3.33. The fraction of sp³-hybridized carbons (Fsp3) is 0.0345. The van der Waals surface area contributed by atoms with E-state index in [4.69, 9.17) is 4.98 Å². The summed E-state index contributed by atoms with van der Waals surface area (Å²) in [4.78, 5) is 19.7. The van der Waals surface area contributed by atoms with E-state index in [9.17, 15) is 4.79 Å². The Morgan fingerprint density at radius 1 is 0.794 bits per heavy atom. The van der Waals surface area contributed by atoms with Crippen LogP contribution in [0.1, 0.15) is 5.56 Å². The van der Waals surface area contributed by atoms with Gasteiger partial charge in [0.2, 0.25) is 0 Å². The molecule has 3 nitrogen and oxygen atoms in total.